The molecule has 2 rings (SSSR count). The van der Waals surface area contributed by atoms with Crippen LogP contribution in [-0.2, 0) is 0 Å². The summed E-state index contributed by atoms with van der Waals surface area (Å²) in [4.78, 5) is 2.48. The molecule has 0 atom stereocenters. The van der Waals surface area contributed by atoms with E-state index in [0.29, 0.717) is 0 Å². The number of nitrogens with zero attached hydrogens (tertiary/aromatic N) is 1. The first kappa shape index (κ1) is 15.2. The van der Waals surface area contributed by atoms with Gasteiger partial charge in [0.05, 0.1) is 6.61 Å². The maximum Gasteiger partial charge on any atom is 0.119 e. The highest BCUT2D eigenvalue weighted by molar-refractivity contribution is 5.56. The normalized spacial score (nSPS) is 16.0. The Hall–Kier alpha value is -1.22. The van der Waals surface area contributed by atoms with E-state index in [0.717, 1.165) is 45.0 Å². The summed E-state index contributed by atoms with van der Waals surface area (Å²) in [6.45, 7) is 9.69. The third-order valence-electron chi connectivity index (χ3n) is 3.87. The van der Waals surface area contributed by atoms with Gasteiger partial charge in [-0.05, 0) is 50.1 Å². The van der Waals surface area contributed by atoms with Crippen molar-refractivity contribution in [3.05, 3.63) is 23.8 Å². The minimum atomic E-state index is 0.834. The Kier molecular flexibility index (Phi) is 6.19. The molecule has 0 saturated carbocycles. The molecule has 20 heavy (non-hydrogen) atoms. The molecule has 1 heterocycles. The van der Waals surface area contributed by atoms with Crippen molar-refractivity contribution in [1.82, 2.24) is 5.32 Å². The van der Waals surface area contributed by atoms with Crippen molar-refractivity contribution in [1.29, 1.82) is 0 Å². The standard InChI is InChI=1S/C17H28N2O/c1-3-4-5-13-20-16-7-8-17(15(2)14-16)19-11-6-9-18-10-12-19/h7-8,14,18H,3-6,9-13H2,1-2H3. The average Bonchev–Trinajstić information content (AvgIpc) is 2.73. The molecule has 0 aromatic heterocycles. The second-order valence-electron chi connectivity index (χ2n) is 5.59. The molecule has 0 radical (unpaired) electrons. The highest BCUT2D eigenvalue weighted by Gasteiger charge is 2.12. The Morgan fingerprint density at radius 3 is 2.90 bits per heavy atom. The Morgan fingerprint density at radius 1 is 1.20 bits per heavy atom. The van der Waals surface area contributed by atoms with Crippen LogP contribution in [0.1, 0.15) is 38.2 Å². The fourth-order valence-corrected chi connectivity index (χ4v) is 2.70. The molecular weight excluding hydrogens is 248 g/mol. The van der Waals surface area contributed by atoms with E-state index in [1.807, 2.05) is 0 Å². The lowest BCUT2D eigenvalue weighted by atomic mass is 10.1. The van der Waals surface area contributed by atoms with Crippen molar-refractivity contribution < 1.29 is 4.74 Å². The van der Waals surface area contributed by atoms with Crippen molar-refractivity contribution in [2.75, 3.05) is 37.7 Å². The van der Waals surface area contributed by atoms with E-state index >= 15 is 0 Å². The number of benzene rings is 1. The molecular formula is C17H28N2O. The van der Waals surface area contributed by atoms with Gasteiger partial charge >= 0.3 is 0 Å². The predicted molar refractivity (Wildman–Crippen MR) is 85.9 cm³/mol. The number of anilines is 1. The number of aryl methyl sites for hydroxylation is 1. The smallest absolute Gasteiger partial charge is 0.119 e. The molecule has 112 valence electrons. The molecule has 0 amide bonds. The van der Waals surface area contributed by atoms with Gasteiger partial charge in [-0.3, -0.25) is 0 Å². The van der Waals surface area contributed by atoms with Crippen LogP contribution in [0.2, 0.25) is 0 Å². The van der Waals surface area contributed by atoms with Crippen molar-refractivity contribution in [3.63, 3.8) is 0 Å². The van der Waals surface area contributed by atoms with E-state index in [1.165, 1.54) is 30.5 Å². The highest BCUT2D eigenvalue weighted by atomic mass is 16.5. The van der Waals surface area contributed by atoms with Gasteiger partial charge in [-0.15, -0.1) is 0 Å². The number of hydrogen-bond donors (Lipinski definition) is 1. The molecule has 0 spiro atoms. The summed E-state index contributed by atoms with van der Waals surface area (Å²) in [6, 6.07) is 6.52. The summed E-state index contributed by atoms with van der Waals surface area (Å²) < 4.78 is 5.83. The molecule has 1 saturated heterocycles. The highest BCUT2D eigenvalue weighted by Crippen LogP contribution is 2.25. The van der Waals surface area contributed by atoms with E-state index in [9.17, 15) is 0 Å². The van der Waals surface area contributed by atoms with Crippen LogP contribution in [0, 0.1) is 6.92 Å². The van der Waals surface area contributed by atoms with Crippen LogP contribution < -0.4 is 15.0 Å². The molecule has 1 N–H and O–H groups in total. The topological polar surface area (TPSA) is 24.5 Å². The van der Waals surface area contributed by atoms with E-state index in [2.05, 4.69) is 42.3 Å². The number of nitrogens with one attached hydrogen (secondary N) is 1. The summed E-state index contributed by atoms with van der Waals surface area (Å²) in [5.41, 5.74) is 2.68. The first-order chi connectivity index (χ1) is 9.81. The van der Waals surface area contributed by atoms with Crippen LogP contribution >= 0.6 is 0 Å². The maximum atomic E-state index is 5.83. The zero-order chi connectivity index (χ0) is 14.2. The van der Waals surface area contributed by atoms with Crippen molar-refractivity contribution in [2.45, 2.75) is 39.5 Å². The van der Waals surface area contributed by atoms with Crippen molar-refractivity contribution in [3.8, 4) is 5.75 Å². The molecule has 3 nitrogen and oxygen atoms in total. The second kappa shape index (κ2) is 8.15. The Bertz CT molecular complexity index is 398. The predicted octanol–water partition coefficient (Wildman–Crippen LogP) is 3.36. The molecule has 0 bridgehead atoms. The monoisotopic (exact) mass is 276 g/mol. The van der Waals surface area contributed by atoms with Gasteiger partial charge in [0.15, 0.2) is 0 Å². The molecule has 3 heteroatoms. The Labute approximate surface area is 123 Å². The summed E-state index contributed by atoms with van der Waals surface area (Å²) in [7, 11) is 0. The fourth-order valence-electron chi connectivity index (χ4n) is 2.70. The minimum Gasteiger partial charge on any atom is -0.494 e. The Morgan fingerprint density at radius 2 is 2.10 bits per heavy atom. The van der Waals surface area contributed by atoms with Gasteiger partial charge in [-0.1, -0.05) is 19.8 Å². The molecule has 1 aromatic carbocycles. The first-order valence-corrected chi connectivity index (χ1v) is 8.00. The van der Waals surface area contributed by atoms with E-state index in [4.69, 9.17) is 4.74 Å². The molecule has 0 unspecified atom stereocenters. The third kappa shape index (κ3) is 4.41. The van der Waals surface area contributed by atoms with Gasteiger partial charge in [-0.25, -0.2) is 0 Å². The lowest BCUT2D eigenvalue weighted by Crippen LogP contribution is -2.28. The second-order valence-corrected chi connectivity index (χ2v) is 5.59. The average molecular weight is 276 g/mol. The SMILES string of the molecule is CCCCCOc1ccc(N2CCCNCC2)c(C)c1. The molecule has 1 aliphatic heterocycles. The Balaban J connectivity index is 1.94. The van der Waals surface area contributed by atoms with Gasteiger partial charge in [0.2, 0.25) is 0 Å². The van der Waals surface area contributed by atoms with Crippen molar-refractivity contribution in [2.24, 2.45) is 0 Å². The number of unbranched alkanes of at least 4 members (excludes halogenated alkanes) is 2. The van der Waals surface area contributed by atoms with Crippen LogP contribution in [0.4, 0.5) is 5.69 Å². The quantitative estimate of drug-likeness (QED) is 0.806. The largest absolute Gasteiger partial charge is 0.494 e. The maximum absolute atomic E-state index is 5.83. The first-order valence-electron chi connectivity index (χ1n) is 8.00. The van der Waals surface area contributed by atoms with Crippen LogP contribution in [-0.4, -0.2) is 32.8 Å². The van der Waals surface area contributed by atoms with Crippen LogP contribution in [0.3, 0.4) is 0 Å². The summed E-state index contributed by atoms with van der Waals surface area (Å²) in [5, 5.41) is 3.45. The zero-order valence-corrected chi connectivity index (χ0v) is 13.0. The number of ether oxygens (including phenoxy) is 1. The van der Waals surface area contributed by atoms with Crippen LogP contribution in [0.5, 0.6) is 5.75 Å². The summed E-state index contributed by atoms with van der Waals surface area (Å²) in [5.74, 6) is 1.01. The zero-order valence-electron chi connectivity index (χ0n) is 13.0. The van der Waals surface area contributed by atoms with Gasteiger partial charge in [0, 0.05) is 25.3 Å². The van der Waals surface area contributed by atoms with E-state index < -0.39 is 0 Å². The van der Waals surface area contributed by atoms with Crippen LogP contribution in [0.15, 0.2) is 18.2 Å². The van der Waals surface area contributed by atoms with E-state index in [1.54, 1.807) is 0 Å². The van der Waals surface area contributed by atoms with Gasteiger partial charge in [0.1, 0.15) is 5.75 Å². The summed E-state index contributed by atoms with van der Waals surface area (Å²) in [6.07, 6.45) is 4.85. The van der Waals surface area contributed by atoms with Gasteiger partial charge in [-0.2, -0.15) is 0 Å². The number of rotatable bonds is 6. The van der Waals surface area contributed by atoms with Gasteiger partial charge in [0.25, 0.3) is 0 Å². The van der Waals surface area contributed by atoms with Gasteiger partial charge < -0.3 is 15.0 Å². The third-order valence-corrected chi connectivity index (χ3v) is 3.87. The molecule has 0 aliphatic carbocycles. The summed E-state index contributed by atoms with van der Waals surface area (Å²) >= 11 is 0. The molecule has 1 fully saturated rings. The lowest BCUT2D eigenvalue weighted by molar-refractivity contribution is 0.306. The van der Waals surface area contributed by atoms with Crippen LogP contribution in [0.25, 0.3) is 0 Å². The fraction of sp³-hybridized carbons (Fsp3) is 0.647. The molecule has 1 aliphatic rings. The number of hydrogen-bond acceptors (Lipinski definition) is 3. The van der Waals surface area contributed by atoms with Crippen molar-refractivity contribution >= 4 is 5.69 Å². The molecule has 1 aromatic rings. The van der Waals surface area contributed by atoms with E-state index in [-0.39, 0.29) is 0 Å². The minimum absolute atomic E-state index is 0.834. The lowest BCUT2D eigenvalue weighted by Gasteiger charge is -2.24.